The van der Waals surface area contributed by atoms with Gasteiger partial charge in [-0.15, -0.1) is 0 Å². The van der Waals surface area contributed by atoms with Crippen molar-refractivity contribution in [3.8, 4) is 17.6 Å². The number of ether oxygens (including phenoxy) is 1. The molecule has 2 aliphatic rings. The third-order valence-electron chi connectivity index (χ3n) is 6.00. The SMILES string of the molecule is COc1ccc(C#C[C@]23CN(S(=O)(=O)c4ccc(C)cc4)C[C@@H]2[C@@H]3C)cc1. The smallest absolute Gasteiger partial charge is 0.243 e. The fraction of sp³-hybridized carbons (Fsp3) is 0.364. The highest BCUT2D eigenvalue weighted by atomic mass is 32.2. The largest absolute Gasteiger partial charge is 0.497 e. The quantitative estimate of drug-likeness (QED) is 0.767. The number of rotatable bonds is 3. The van der Waals surface area contributed by atoms with E-state index in [1.807, 2.05) is 43.3 Å². The summed E-state index contributed by atoms with van der Waals surface area (Å²) in [6.45, 7) is 5.14. The van der Waals surface area contributed by atoms with Crippen LogP contribution in [0.3, 0.4) is 0 Å². The minimum atomic E-state index is -3.46. The third-order valence-corrected chi connectivity index (χ3v) is 7.82. The van der Waals surface area contributed by atoms with Crippen molar-refractivity contribution in [2.45, 2.75) is 18.7 Å². The highest BCUT2D eigenvalue weighted by Crippen LogP contribution is 2.63. The van der Waals surface area contributed by atoms with Crippen LogP contribution in [0.4, 0.5) is 0 Å². The third kappa shape index (κ3) is 3.03. The molecule has 3 atom stereocenters. The number of methoxy groups -OCH3 is 1. The lowest BCUT2D eigenvalue weighted by Crippen LogP contribution is -2.33. The summed E-state index contributed by atoms with van der Waals surface area (Å²) >= 11 is 0. The van der Waals surface area contributed by atoms with Gasteiger partial charge in [0.15, 0.2) is 0 Å². The molecular formula is C22H23NO3S. The van der Waals surface area contributed by atoms with Gasteiger partial charge >= 0.3 is 0 Å². The number of hydrogen-bond acceptors (Lipinski definition) is 3. The Hall–Kier alpha value is -2.29. The first-order chi connectivity index (χ1) is 12.9. The number of benzene rings is 2. The van der Waals surface area contributed by atoms with Crippen LogP contribution in [0.25, 0.3) is 0 Å². The van der Waals surface area contributed by atoms with E-state index in [2.05, 4.69) is 18.8 Å². The van der Waals surface area contributed by atoms with E-state index in [9.17, 15) is 8.42 Å². The maximum absolute atomic E-state index is 13.0. The summed E-state index contributed by atoms with van der Waals surface area (Å²) in [5, 5.41) is 0. The van der Waals surface area contributed by atoms with E-state index in [0.717, 1.165) is 16.9 Å². The summed E-state index contributed by atoms with van der Waals surface area (Å²) in [4.78, 5) is 0.361. The highest BCUT2D eigenvalue weighted by Gasteiger charge is 2.67. The predicted molar refractivity (Wildman–Crippen MR) is 105 cm³/mol. The number of sulfonamides is 1. The van der Waals surface area contributed by atoms with Gasteiger partial charge in [-0.1, -0.05) is 36.5 Å². The zero-order valence-electron chi connectivity index (χ0n) is 15.8. The van der Waals surface area contributed by atoms with Crippen molar-refractivity contribution in [1.82, 2.24) is 4.31 Å². The second kappa shape index (κ2) is 6.40. The van der Waals surface area contributed by atoms with Gasteiger partial charge in [-0.2, -0.15) is 4.31 Å². The van der Waals surface area contributed by atoms with Crippen LogP contribution in [0.1, 0.15) is 18.1 Å². The Labute approximate surface area is 161 Å². The van der Waals surface area contributed by atoms with E-state index in [0.29, 0.717) is 29.8 Å². The minimum absolute atomic E-state index is 0.225. The van der Waals surface area contributed by atoms with E-state index in [-0.39, 0.29) is 5.41 Å². The van der Waals surface area contributed by atoms with Crippen LogP contribution >= 0.6 is 0 Å². The highest BCUT2D eigenvalue weighted by molar-refractivity contribution is 7.89. The second-order valence-corrected chi connectivity index (χ2v) is 9.46. The van der Waals surface area contributed by atoms with Gasteiger partial charge in [0.05, 0.1) is 17.4 Å². The first-order valence-electron chi connectivity index (χ1n) is 9.11. The molecule has 0 N–H and O–H groups in total. The van der Waals surface area contributed by atoms with Crippen LogP contribution in [0.15, 0.2) is 53.4 Å². The molecular weight excluding hydrogens is 358 g/mol. The summed E-state index contributed by atoms with van der Waals surface area (Å²) in [6.07, 6.45) is 0. The molecule has 1 heterocycles. The number of fused-ring (bicyclic) bond motifs is 1. The fourth-order valence-corrected chi connectivity index (χ4v) is 5.55. The molecule has 2 aromatic carbocycles. The van der Waals surface area contributed by atoms with Crippen LogP contribution in [0, 0.1) is 36.0 Å². The van der Waals surface area contributed by atoms with Gasteiger partial charge in [-0.05, 0) is 55.2 Å². The average molecular weight is 381 g/mol. The summed E-state index contributed by atoms with van der Waals surface area (Å²) in [7, 11) is -1.83. The summed E-state index contributed by atoms with van der Waals surface area (Å²) in [6, 6.07) is 14.7. The van der Waals surface area contributed by atoms with Crippen molar-refractivity contribution in [1.29, 1.82) is 0 Å². The van der Waals surface area contributed by atoms with E-state index < -0.39 is 10.0 Å². The van der Waals surface area contributed by atoms with Crippen molar-refractivity contribution in [3.63, 3.8) is 0 Å². The minimum Gasteiger partial charge on any atom is -0.497 e. The molecule has 5 heteroatoms. The number of aryl methyl sites for hydroxylation is 1. The first-order valence-corrected chi connectivity index (χ1v) is 10.5. The van der Waals surface area contributed by atoms with Gasteiger partial charge < -0.3 is 4.74 Å². The van der Waals surface area contributed by atoms with Crippen LogP contribution in [0.5, 0.6) is 5.75 Å². The van der Waals surface area contributed by atoms with E-state index >= 15 is 0 Å². The second-order valence-electron chi connectivity index (χ2n) is 7.52. The van der Waals surface area contributed by atoms with Gasteiger partial charge in [0.2, 0.25) is 10.0 Å². The van der Waals surface area contributed by atoms with E-state index in [4.69, 9.17) is 4.74 Å². The Morgan fingerprint density at radius 3 is 2.41 bits per heavy atom. The lowest BCUT2D eigenvalue weighted by atomic mass is 10.0. The molecule has 0 bridgehead atoms. The maximum atomic E-state index is 13.0. The van der Waals surface area contributed by atoms with Crippen LogP contribution < -0.4 is 4.74 Å². The van der Waals surface area contributed by atoms with Crippen LogP contribution in [-0.4, -0.2) is 32.9 Å². The van der Waals surface area contributed by atoms with Crippen LogP contribution in [-0.2, 0) is 10.0 Å². The zero-order valence-corrected chi connectivity index (χ0v) is 16.6. The zero-order chi connectivity index (χ0) is 19.2. The number of piperidine rings is 1. The Morgan fingerprint density at radius 2 is 1.78 bits per heavy atom. The predicted octanol–water partition coefficient (Wildman–Crippen LogP) is 3.31. The Bertz CT molecular complexity index is 1020. The summed E-state index contributed by atoms with van der Waals surface area (Å²) in [5.41, 5.74) is 1.74. The van der Waals surface area contributed by atoms with Gasteiger partial charge in [-0.3, -0.25) is 0 Å². The Kier molecular flexibility index (Phi) is 4.29. The number of nitrogens with zero attached hydrogens (tertiary/aromatic N) is 1. The lowest BCUT2D eigenvalue weighted by Gasteiger charge is -2.20. The molecule has 2 aromatic rings. The Morgan fingerprint density at radius 1 is 1.11 bits per heavy atom. The van der Waals surface area contributed by atoms with Crippen molar-refractivity contribution in [2.24, 2.45) is 17.3 Å². The molecule has 0 spiro atoms. The molecule has 0 amide bonds. The Balaban J connectivity index is 1.56. The molecule has 0 aromatic heterocycles. The molecule has 0 unspecified atom stereocenters. The lowest BCUT2D eigenvalue weighted by molar-refractivity contribution is 0.402. The van der Waals surface area contributed by atoms with Crippen molar-refractivity contribution >= 4 is 10.0 Å². The van der Waals surface area contributed by atoms with Crippen LogP contribution in [0.2, 0.25) is 0 Å². The van der Waals surface area contributed by atoms with E-state index in [1.54, 1.807) is 23.5 Å². The van der Waals surface area contributed by atoms with E-state index in [1.165, 1.54) is 0 Å². The molecule has 1 saturated carbocycles. The van der Waals surface area contributed by atoms with Gasteiger partial charge in [0.25, 0.3) is 0 Å². The molecule has 140 valence electrons. The molecule has 4 nitrogen and oxygen atoms in total. The van der Waals surface area contributed by atoms with Crippen molar-refractivity contribution in [3.05, 3.63) is 59.7 Å². The van der Waals surface area contributed by atoms with Gasteiger partial charge in [0.1, 0.15) is 5.75 Å². The summed E-state index contributed by atoms with van der Waals surface area (Å²) < 4.78 is 32.7. The van der Waals surface area contributed by atoms with Gasteiger partial charge in [-0.25, -0.2) is 8.42 Å². The molecule has 1 aliphatic heterocycles. The molecule has 27 heavy (non-hydrogen) atoms. The molecule has 1 aliphatic carbocycles. The summed E-state index contributed by atoms with van der Waals surface area (Å²) in [5.74, 6) is 8.18. The monoisotopic (exact) mass is 381 g/mol. The molecule has 4 rings (SSSR count). The number of hydrogen-bond donors (Lipinski definition) is 0. The fourth-order valence-electron chi connectivity index (χ4n) is 4.04. The average Bonchev–Trinajstić information content (AvgIpc) is 3.03. The molecule has 1 saturated heterocycles. The first kappa shape index (κ1) is 18.1. The van der Waals surface area contributed by atoms with Crippen molar-refractivity contribution in [2.75, 3.05) is 20.2 Å². The normalized spacial score (nSPS) is 26.8. The topological polar surface area (TPSA) is 46.6 Å². The maximum Gasteiger partial charge on any atom is 0.243 e. The molecule has 0 radical (unpaired) electrons. The van der Waals surface area contributed by atoms with Gasteiger partial charge in [0, 0.05) is 18.7 Å². The van der Waals surface area contributed by atoms with Crippen molar-refractivity contribution < 1.29 is 13.2 Å². The molecule has 2 fully saturated rings. The standard InChI is InChI=1S/C22H23NO3S/c1-16-4-10-20(11-5-16)27(24,25)23-14-21-17(2)22(21,15-23)13-12-18-6-8-19(26-3)9-7-18/h4-11,17,21H,14-15H2,1-3H3/t17-,21+,22+/m0/s1.